The van der Waals surface area contributed by atoms with Crippen LogP contribution in [0.2, 0.25) is 5.02 Å². The highest BCUT2D eigenvalue weighted by Crippen LogP contribution is 2.31. The van der Waals surface area contributed by atoms with Crippen molar-refractivity contribution in [3.8, 4) is 6.07 Å². The molecule has 108 valence electrons. The molecule has 1 fully saturated rings. The maximum absolute atomic E-state index is 8.98. The number of benzene rings is 1. The lowest BCUT2D eigenvalue weighted by atomic mass is 9.89. The van der Waals surface area contributed by atoms with E-state index in [0.29, 0.717) is 16.6 Å². The second kappa shape index (κ2) is 6.99. The summed E-state index contributed by atoms with van der Waals surface area (Å²) in [5.74, 6) is 1.63. The molecule has 2 atom stereocenters. The first kappa shape index (κ1) is 15.2. The van der Waals surface area contributed by atoms with E-state index < -0.39 is 0 Å². The Morgan fingerprint density at radius 1 is 1.25 bits per heavy atom. The van der Waals surface area contributed by atoms with E-state index in [0.717, 1.165) is 17.5 Å². The van der Waals surface area contributed by atoms with Crippen molar-refractivity contribution < 1.29 is 0 Å². The van der Waals surface area contributed by atoms with Crippen molar-refractivity contribution in [1.82, 2.24) is 0 Å². The van der Waals surface area contributed by atoms with Crippen molar-refractivity contribution in [2.45, 2.75) is 52.0 Å². The molecule has 0 saturated heterocycles. The molecule has 3 heteroatoms. The van der Waals surface area contributed by atoms with Gasteiger partial charge in [0, 0.05) is 6.04 Å². The van der Waals surface area contributed by atoms with Gasteiger partial charge in [-0.1, -0.05) is 38.3 Å². The van der Waals surface area contributed by atoms with Gasteiger partial charge in [0.1, 0.15) is 0 Å². The summed E-state index contributed by atoms with van der Waals surface area (Å²) in [6, 6.07) is 8.06. The van der Waals surface area contributed by atoms with Gasteiger partial charge in [-0.25, -0.2) is 0 Å². The van der Waals surface area contributed by atoms with Crippen LogP contribution < -0.4 is 5.32 Å². The Morgan fingerprint density at radius 3 is 2.75 bits per heavy atom. The molecular weight excluding hydrogens is 268 g/mol. The molecule has 1 aliphatic rings. The average molecular weight is 291 g/mol. The lowest BCUT2D eigenvalue weighted by Gasteiger charge is -2.20. The molecule has 0 spiro atoms. The minimum atomic E-state index is 0.477. The molecule has 2 unspecified atom stereocenters. The van der Waals surface area contributed by atoms with Gasteiger partial charge in [0.2, 0.25) is 0 Å². The third-order valence-electron chi connectivity index (χ3n) is 4.41. The third-order valence-corrected chi connectivity index (χ3v) is 4.74. The highest BCUT2D eigenvalue weighted by molar-refractivity contribution is 6.33. The molecule has 1 aromatic rings. The molecule has 0 aliphatic heterocycles. The van der Waals surface area contributed by atoms with Gasteiger partial charge in [0.25, 0.3) is 0 Å². The summed E-state index contributed by atoms with van der Waals surface area (Å²) >= 11 is 6.22. The molecule has 20 heavy (non-hydrogen) atoms. The fraction of sp³-hybridized carbons (Fsp3) is 0.588. The number of nitrogens with one attached hydrogen (secondary N) is 1. The van der Waals surface area contributed by atoms with Gasteiger partial charge in [0.15, 0.2) is 0 Å². The van der Waals surface area contributed by atoms with Crippen LogP contribution in [0.3, 0.4) is 0 Å². The lowest BCUT2D eigenvalue weighted by molar-refractivity contribution is 0.341. The van der Waals surface area contributed by atoms with Crippen LogP contribution in [0, 0.1) is 23.2 Å². The van der Waals surface area contributed by atoms with Crippen LogP contribution in [0.25, 0.3) is 0 Å². The van der Waals surface area contributed by atoms with Gasteiger partial charge >= 0.3 is 0 Å². The quantitative estimate of drug-likeness (QED) is 0.774. The molecule has 0 heterocycles. The zero-order valence-electron chi connectivity index (χ0n) is 12.3. The van der Waals surface area contributed by atoms with Crippen LogP contribution in [0.5, 0.6) is 0 Å². The van der Waals surface area contributed by atoms with Crippen LogP contribution in [0.15, 0.2) is 18.2 Å². The Kier molecular flexibility index (Phi) is 5.31. The third kappa shape index (κ3) is 3.90. The highest BCUT2D eigenvalue weighted by atomic mass is 35.5. The molecule has 1 N–H and O–H groups in total. The molecule has 1 aromatic carbocycles. The summed E-state index contributed by atoms with van der Waals surface area (Å²) in [4.78, 5) is 0. The van der Waals surface area contributed by atoms with E-state index in [2.05, 4.69) is 25.2 Å². The number of hydrogen-bond donors (Lipinski definition) is 1. The summed E-state index contributed by atoms with van der Waals surface area (Å²) in [7, 11) is 0. The molecule has 1 saturated carbocycles. The zero-order chi connectivity index (χ0) is 14.5. The second-order valence-electron chi connectivity index (χ2n) is 6.16. The summed E-state index contributed by atoms with van der Waals surface area (Å²) in [5.41, 5.74) is 1.56. The normalized spacial score (nSPS) is 23.1. The number of anilines is 1. The van der Waals surface area contributed by atoms with E-state index in [1.54, 1.807) is 12.1 Å². The van der Waals surface area contributed by atoms with E-state index in [1.807, 2.05) is 6.07 Å². The SMILES string of the molecule is CC(C)C1CCCC(Nc2cc(C#N)ccc2Cl)CC1. The standard InChI is InChI=1S/C17H23ClN2/c1-12(2)14-4-3-5-15(8-7-14)20-17-10-13(11-19)6-9-16(17)18/h6,9-10,12,14-15,20H,3-5,7-8H2,1-2H3. The topological polar surface area (TPSA) is 35.8 Å². The highest BCUT2D eigenvalue weighted by Gasteiger charge is 2.21. The molecule has 0 bridgehead atoms. The minimum absolute atomic E-state index is 0.477. The fourth-order valence-corrected chi connectivity index (χ4v) is 3.24. The number of halogens is 1. The number of nitrogens with zero attached hydrogens (tertiary/aromatic N) is 1. The molecule has 1 aliphatic carbocycles. The number of rotatable bonds is 3. The predicted octanol–water partition coefficient (Wildman–Crippen LogP) is 5.23. The first-order valence-electron chi connectivity index (χ1n) is 7.56. The van der Waals surface area contributed by atoms with Gasteiger partial charge < -0.3 is 5.32 Å². The van der Waals surface area contributed by atoms with Crippen molar-refractivity contribution in [2.75, 3.05) is 5.32 Å². The number of hydrogen-bond acceptors (Lipinski definition) is 2. The van der Waals surface area contributed by atoms with Crippen LogP contribution in [-0.2, 0) is 0 Å². The molecular formula is C17H23ClN2. The zero-order valence-corrected chi connectivity index (χ0v) is 13.1. The van der Waals surface area contributed by atoms with E-state index >= 15 is 0 Å². The van der Waals surface area contributed by atoms with Crippen molar-refractivity contribution in [2.24, 2.45) is 11.8 Å². The van der Waals surface area contributed by atoms with Gasteiger partial charge in [-0.2, -0.15) is 5.26 Å². The number of nitriles is 1. The Labute approximate surface area is 127 Å². The second-order valence-corrected chi connectivity index (χ2v) is 6.57. The van der Waals surface area contributed by atoms with E-state index in [1.165, 1.54) is 32.1 Å². The van der Waals surface area contributed by atoms with Crippen molar-refractivity contribution in [3.05, 3.63) is 28.8 Å². The van der Waals surface area contributed by atoms with Crippen LogP contribution in [0.4, 0.5) is 5.69 Å². The maximum Gasteiger partial charge on any atom is 0.0992 e. The lowest BCUT2D eigenvalue weighted by Crippen LogP contribution is -2.19. The first-order chi connectivity index (χ1) is 9.60. The van der Waals surface area contributed by atoms with E-state index in [-0.39, 0.29) is 0 Å². The van der Waals surface area contributed by atoms with E-state index in [9.17, 15) is 0 Å². The minimum Gasteiger partial charge on any atom is -0.381 e. The summed E-state index contributed by atoms with van der Waals surface area (Å²) in [6.07, 6.45) is 6.27. The molecule has 0 radical (unpaired) electrons. The van der Waals surface area contributed by atoms with Gasteiger partial charge in [-0.3, -0.25) is 0 Å². The summed E-state index contributed by atoms with van der Waals surface area (Å²) in [5, 5.41) is 13.2. The molecule has 0 amide bonds. The monoisotopic (exact) mass is 290 g/mol. The van der Waals surface area contributed by atoms with Crippen LogP contribution in [-0.4, -0.2) is 6.04 Å². The average Bonchev–Trinajstić information content (AvgIpc) is 2.67. The van der Waals surface area contributed by atoms with Crippen molar-refractivity contribution in [3.63, 3.8) is 0 Å². The molecule has 0 aromatic heterocycles. The fourth-order valence-electron chi connectivity index (χ4n) is 3.07. The predicted molar refractivity (Wildman–Crippen MR) is 85.0 cm³/mol. The smallest absolute Gasteiger partial charge is 0.0992 e. The van der Waals surface area contributed by atoms with Crippen molar-refractivity contribution >= 4 is 17.3 Å². The largest absolute Gasteiger partial charge is 0.381 e. The van der Waals surface area contributed by atoms with Crippen LogP contribution >= 0.6 is 11.6 Å². The summed E-state index contributed by atoms with van der Waals surface area (Å²) < 4.78 is 0. The van der Waals surface area contributed by atoms with E-state index in [4.69, 9.17) is 16.9 Å². The summed E-state index contributed by atoms with van der Waals surface area (Å²) in [6.45, 7) is 4.65. The van der Waals surface area contributed by atoms with Crippen LogP contribution in [0.1, 0.15) is 51.5 Å². The first-order valence-corrected chi connectivity index (χ1v) is 7.94. The molecule has 2 nitrogen and oxygen atoms in total. The Morgan fingerprint density at radius 2 is 2.05 bits per heavy atom. The maximum atomic E-state index is 8.98. The molecule has 2 rings (SSSR count). The van der Waals surface area contributed by atoms with Gasteiger partial charge in [-0.05, 0) is 49.3 Å². The Balaban J connectivity index is 2.02. The van der Waals surface area contributed by atoms with Gasteiger partial charge in [-0.15, -0.1) is 0 Å². The Bertz CT molecular complexity index is 490. The van der Waals surface area contributed by atoms with Gasteiger partial charge in [0.05, 0.1) is 22.3 Å². The van der Waals surface area contributed by atoms with Crippen molar-refractivity contribution in [1.29, 1.82) is 5.26 Å². The Hall–Kier alpha value is -1.20.